The summed E-state index contributed by atoms with van der Waals surface area (Å²) in [5.74, 6) is -0.425. The Balaban J connectivity index is 0. The lowest BCUT2D eigenvalue weighted by Crippen LogP contribution is -2.36. The Kier molecular flexibility index (Phi) is 11.4. The fourth-order valence-corrected chi connectivity index (χ4v) is 0.676. The van der Waals surface area contributed by atoms with E-state index in [4.69, 9.17) is 10.5 Å². The molecule has 0 aromatic heterocycles. The van der Waals surface area contributed by atoms with Gasteiger partial charge in [0, 0.05) is 6.61 Å². The van der Waals surface area contributed by atoms with E-state index < -0.39 is 12.0 Å². The first-order valence-corrected chi connectivity index (χ1v) is 4.13. The van der Waals surface area contributed by atoms with Gasteiger partial charge in [-0.1, -0.05) is 13.3 Å². The molecule has 80 valence electrons. The highest BCUT2D eigenvalue weighted by molar-refractivity contribution is 5.85. The van der Waals surface area contributed by atoms with Gasteiger partial charge < -0.3 is 15.2 Å². The smallest absolute Gasteiger partial charge is 0.325 e. The highest BCUT2D eigenvalue weighted by atomic mass is 35.5. The maximum Gasteiger partial charge on any atom is 0.325 e. The van der Waals surface area contributed by atoms with Crippen LogP contribution in [-0.2, 0) is 14.3 Å². The molecule has 0 radical (unpaired) electrons. The molecule has 0 unspecified atom stereocenters. The second-order valence-corrected chi connectivity index (χ2v) is 2.56. The van der Waals surface area contributed by atoms with Gasteiger partial charge in [0.2, 0.25) is 0 Å². The number of nitrogens with two attached hydrogens (primary N) is 1. The molecule has 0 fully saturated rings. The molecule has 0 aliphatic heterocycles. The molecule has 0 aliphatic carbocycles. The third-order valence-corrected chi connectivity index (χ3v) is 1.44. The van der Waals surface area contributed by atoms with Gasteiger partial charge in [-0.2, -0.15) is 0 Å². The lowest BCUT2D eigenvalue weighted by Gasteiger charge is -2.08. The molecule has 13 heavy (non-hydrogen) atoms. The minimum atomic E-state index is -0.646. The number of rotatable bonds is 6. The van der Waals surface area contributed by atoms with Gasteiger partial charge in [0.25, 0.3) is 0 Å². The summed E-state index contributed by atoms with van der Waals surface area (Å²) in [6.45, 7) is 2.97. The fraction of sp³-hybridized carbons (Fsp3) is 0.875. The first-order valence-electron chi connectivity index (χ1n) is 4.13. The van der Waals surface area contributed by atoms with Gasteiger partial charge in [-0.15, -0.1) is 12.4 Å². The topological polar surface area (TPSA) is 61.5 Å². The van der Waals surface area contributed by atoms with E-state index in [-0.39, 0.29) is 19.0 Å². The summed E-state index contributed by atoms with van der Waals surface area (Å²) in [6, 6.07) is -0.646. The van der Waals surface area contributed by atoms with Crippen LogP contribution < -0.4 is 5.73 Å². The largest absolute Gasteiger partial charge is 0.468 e. The second kappa shape index (κ2) is 9.77. The minimum absolute atomic E-state index is 0. The molecule has 0 aromatic carbocycles. The average Bonchev–Trinajstić information content (AvgIpc) is 2.10. The molecule has 5 heteroatoms. The maximum atomic E-state index is 10.7. The zero-order valence-corrected chi connectivity index (χ0v) is 8.93. The number of carbonyl (C=O) groups excluding carboxylic acids is 1. The van der Waals surface area contributed by atoms with E-state index >= 15 is 0 Å². The number of hydrogen-bond acceptors (Lipinski definition) is 4. The number of ether oxygens (including phenoxy) is 2. The van der Waals surface area contributed by atoms with E-state index in [0.29, 0.717) is 6.61 Å². The van der Waals surface area contributed by atoms with Gasteiger partial charge in [-0.05, 0) is 6.42 Å². The number of unbranched alkanes of at least 4 members (excludes halogenated alkanes) is 1. The van der Waals surface area contributed by atoms with E-state index in [1.54, 1.807) is 0 Å². The van der Waals surface area contributed by atoms with Crippen molar-refractivity contribution in [1.82, 2.24) is 0 Å². The summed E-state index contributed by atoms with van der Waals surface area (Å²) >= 11 is 0. The van der Waals surface area contributed by atoms with Gasteiger partial charge in [0.1, 0.15) is 6.04 Å². The first-order chi connectivity index (χ1) is 5.72. The van der Waals surface area contributed by atoms with Gasteiger partial charge >= 0.3 is 5.97 Å². The Hall–Kier alpha value is -0.320. The SMILES string of the molecule is CCCCOC[C@H](N)C(=O)OC.Cl. The summed E-state index contributed by atoms with van der Waals surface area (Å²) in [5, 5.41) is 0. The van der Waals surface area contributed by atoms with Crippen molar-refractivity contribution in [3.63, 3.8) is 0 Å². The Morgan fingerprint density at radius 2 is 2.15 bits per heavy atom. The zero-order valence-electron chi connectivity index (χ0n) is 8.12. The van der Waals surface area contributed by atoms with Crippen molar-refractivity contribution in [2.75, 3.05) is 20.3 Å². The summed E-state index contributed by atoms with van der Waals surface area (Å²) in [7, 11) is 1.31. The number of methoxy groups -OCH3 is 1. The van der Waals surface area contributed by atoms with E-state index in [1.165, 1.54) is 7.11 Å². The van der Waals surface area contributed by atoms with E-state index in [0.717, 1.165) is 12.8 Å². The van der Waals surface area contributed by atoms with Gasteiger partial charge in [-0.25, -0.2) is 0 Å². The van der Waals surface area contributed by atoms with Crippen molar-refractivity contribution in [2.45, 2.75) is 25.8 Å². The molecule has 1 atom stereocenters. The minimum Gasteiger partial charge on any atom is -0.468 e. The third-order valence-electron chi connectivity index (χ3n) is 1.44. The number of hydrogen-bond donors (Lipinski definition) is 1. The number of esters is 1. The summed E-state index contributed by atoms with van der Waals surface area (Å²) in [5.41, 5.74) is 5.41. The summed E-state index contributed by atoms with van der Waals surface area (Å²) < 4.78 is 9.56. The predicted octanol–water partition coefficient (Wildman–Crippen LogP) is 0.725. The molecule has 0 spiro atoms. The molecular formula is C8H18ClNO3. The first kappa shape index (κ1) is 15.2. The van der Waals surface area contributed by atoms with Crippen LogP contribution in [0.1, 0.15) is 19.8 Å². The molecule has 0 amide bonds. The Morgan fingerprint density at radius 1 is 1.54 bits per heavy atom. The average molecular weight is 212 g/mol. The number of halogens is 1. The fourth-order valence-electron chi connectivity index (χ4n) is 0.676. The van der Waals surface area contributed by atoms with Gasteiger partial charge in [0.15, 0.2) is 0 Å². The molecular weight excluding hydrogens is 194 g/mol. The third kappa shape index (κ3) is 8.02. The summed E-state index contributed by atoms with van der Waals surface area (Å²) in [6.07, 6.45) is 2.07. The molecule has 0 bridgehead atoms. The van der Waals surface area contributed by atoms with E-state index in [2.05, 4.69) is 11.7 Å². The van der Waals surface area contributed by atoms with Crippen LogP contribution in [0.25, 0.3) is 0 Å². The van der Waals surface area contributed by atoms with Crippen molar-refractivity contribution >= 4 is 18.4 Å². The van der Waals surface area contributed by atoms with Crippen LogP contribution in [0.2, 0.25) is 0 Å². The van der Waals surface area contributed by atoms with Crippen molar-refractivity contribution in [2.24, 2.45) is 5.73 Å². The number of carbonyl (C=O) groups is 1. The van der Waals surface area contributed by atoms with Crippen LogP contribution in [0.4, 0.5) is 0 Å². The molecule has 0 aliphatic rings. The van der Waals surface area contributed by atoms with Crippen molar-refractivity contribution < 1.29 is 14.3 Å². The quantitative estimate of drug-likeness (QED) is 0.520. The Bertz CT molecular complexity index is 133. The molecule has 2 N–H and O–H groups in total. The van der Waals surface area contributed by atoms with Crippen LogP contribution >= 0.6 is 12.4 Å². The van der Waals surface area contributed by atoms with Crippen molar-refractivity contribution in [1.29, 1.82) is 0 Å². The molecule has 0 rings (SSSR count). The lowest BCUT2D eigenvalue weighted by molar-refractivity contribution is -0.143. The van der Waals surface area contributed by atoms with Crippen molar-refractivity contribution in [3.05, 3.63) is 0 Å². The maximum absolute atomic E-state index is 10.7. The Labute approximate surface area is 85.2 Å². The van der Waals surface area contributed by atoms with Crippen LogP contribution in [0.5, 0.6) is 0 Å². The lowest BCUT2D eigenvalue weighted by atomic mass is 10.3. The van der Waals surface area contributed by atoms with Crippen LogP contribution in [0.15, 0.2) is 0 Å². The van der Waals surface area contributed by atoms with E-state index in [9.17, 15) is 4.79 Å². The van der Waals surface area contributed by atoms with Gasteiger partial charge in [0.05, 0.1) is 13.7 Å². The van der Waals surface area contributed by atoms with Crippen LogP contribution in [-0.4, -0.2) is 32.3 Å². The highest BCUT2D eigenvalue weighted by Gasteiger charge is 2.12. The molecule has 4 nitrogen and oxygen atoms in total. The predicted molar refractivity (Wildman–Crippen MR) is 53.0 cm³/mol. The highest BCUT2D eigenvalue weighted by Crippen LogP contribution is 1.90. The van der Waals surface area contributed by atoms with E-state index in [1.807, 2.05) is 0 Å². The summed E-state index contributed by atoms with van der Waals surface area (Å²) in [4.78, 5) is 10.7. The zero-order chi connectivity index (χ0) is 9.40. The molecule has 0 heterocycles. The normalized spacial score (nSPS) is 11.6. The Morgan fingerprint density at radius 3 is 2.62 bits per heavy atom. The van der Waals surface area contributed by atoms with Crippen molar-refractivity contribution in [3.8, 4) is 0 Å². The molecule has 0 saturated carbocycles. The van der Waals surface area contributed by atoms with Crippen LogP contribution in [0, 0.1) is 0 Å². The standard InChI is InChI=1S/C8H17NO3.ClH/c1-3-4-5-12-6-7(9)8(10)11-2;/h7H,3-6,9H2,1-2H3;1H/t7-;/m0./s1. The van der Waals surface area contributed by atoms with Crippen LogP contribution in [0.3, 0.4) is 0 Å². The van der Waals surface area contributed by atoms with Gasteiger partial charge in [-0.3, -0.25) is 4.79 Å². The molecule has 0 saturated heterocycles. The molecule has 0 aromatic rings. The second-order valence-electron chi connectivity index (χ2n) is 2.56. The monoisotopic (exact) mass is 211 g/mol.